The zero-order valence-corrected chi connectivity index (χ0v) is 15.7. The Morgan fingerprint density at radius 3 is 1.69 bits per heavy atom. The third kappa shape index (κ3) is 3.40. The molecular weight excluding hydrogens is 364 g/mol. The number of carbonyl (C=O) groups is 1. The van der Waals surface area contributed by atoms with Crippen LogP contribution in [0.3, 0.4) is 0 Å². The second kappa shape index (κ2) is 8.48. The molecule has 1 atom stereocenters. The van der Waals surface area contributed by atoms with Gasteiger partial charge in [-0.15, -0.1) is 10.2 Å². The minimum absolute atomic E-state index is 0.0989. The van der Waals surface area contributed by atoms with E-state index < -0.39 is 11.3 Å². The predicted molar refractivity (Wildman–Crippen MR) is 108 cm³/mol. The van der Waals surface area contributed by atoms with Crippen LogP contribution in [0.4, 0.5) is 0 Å². The smallest absolute Gasteiger partial charge is 0.293 e. The standard InChI is InChI=1S/C23H20N4O2/c28-17-29-16-21(22-24-26-27-25-22)23(18-10-4-1-5-11-18,19-12-6-2-7-13-19)20-14-8-3-9-15-20/h1-15,17,21H,16H2,(H,24,25,26,27). The lowest BCUT2D eigenvalue weighted by atomic mass is 9.61. The molecular formula is C23H20N4O2. The molecule has 29 heavy (non-hydrogen) atoms. The molecule has 0 aliphatic carbocycles. The van der Waals surface area contributed by atoms with E-state index in [2.05, 4.69) is 57.0 Å². The summed E-state index contributed by atoms with van der Waals surface area (Å²) in [5.41, 5.74) is 2.43. The molecule has 0 saturated heterocycles. The average molecular weight is 384 g/mol. The van der Waals surface area contributed by atoms with Gasteiger partial charge in [-0.1, -0.05) is 96.2 Å². The number of aromatic amines is 1. The Labute approximate surface area is 168 Å². The van der Waals surface area contributed by atoms with Crippen molar-refractivity contribution >= 4 is 6.47 Å². The molecule has 6 heteroatoms. The largest absolute Gasteiger partial charge is 0.467 e. The highest BCUT2D eigenvalue weighted by atomic mass is 16.5. The van der Waals surface area contributed by atoms with Crippen molar-refractivity contribution in [2.75, 3.05) is 6.61 Å². The van der Waals surface area contributed by atoms with E-state index in [9.17, 15) is 4.79 Å². The molecule has 1 heterocycles. The number of benzene rings is 3. The summed E-state index contributed by atoms with van der Waals surface area (Å²) in [6.45, 7) is 0.556. The highest BCUT2D eigenvalue weighted by Gasteiger charge is 2.46. The molecule has 0 saturated carbocycles. The summed E-state index contributed by atoms with van der Waals surface area (Å²) in [4.78, 5) is 11.1. The first-order valence-corrected chi connectivity index (χ1v) is 9.32. The normalized spacial score (nSPS) is 12.3. The molecule has 4 aromatic rings. The van der Waals surface area contributed by atoms with E-state index in [-0.39, 0.29) is 6.61 Å². The first kappa shape index (κ1) is 18.6. The lowest BCUT2D eigenvalue weighted by molar-refractivity contribution is -0.129. The quantitative estimate of drug-likeness (QED) is 0.371. The molecule has 144 valence electrons. The number of tetrazole rings is 1. The van der Waals surface area contributed by atoms with Crippen molar-refractivity contribution in [2.45, 2.75) is 11.3 Å². The number of nitrogens with zero attached hydrogens (tertiary/aromatic N) is 3. The third-order valence-corrected chi connectivity index (χ3v) is 5.21. The van der Waals surface area contributed by atoms with Crippen LogP contribution >= 0.6 is 0 Å². The van der Waals surface area contributed by atoms with E-state index in [1.807, 2.05) is 54.6 Å². The lowest BCUT2D eigenvalue weighted by Crippen LogP contribution is -2.39. The number of rotatable bonds is 8. The highest BCUT2D eigenvalue weighted by molar-refractivity contribution is 5.53. The molecule has 0 fully saturated rings. The van der Waals surface area contributed by atoms with E-state index in [0.29, 0.717) is 12.3 Å². The monoisotopic (exact) mass is 384 g/mol. The maximum Gasteiger partial charge on any atom is 0.293 e. The summed E-state index contributed by atoms with van der Waals surface area (Å²) in [6.07, 6.45) is 0. The van der Waals surface area contributed by atoms with E-state index in [1.165, 1.54) is 0 Å². The Kier molecular flexibility index (Phi) is 5.42. The van der Waals surface area contributed by atoms with Gasteiger partial charge in [0.2, 0.25) is 0 Å². The molecule has 6 nitrogen and oxygen atoms in total. The summed E-state index contributed by atoms with van der Waals surface area (Å²) in [7, 11) is 0. The molecule has 0 spiro atoms. The first-order valence-electron chi connectivity index (χ1n) is 9.32. The van der Waals surface area contributed by atoms with E-state index in [1.54, 1.807) is 0 Å². The zero-order chi connectivity index (χ0) is 19.9. The number of hydrogen-bond donors (Lipinski definition) is 1. The van der Waals surface area contributed by atoms with Crippen LogP contribution in [-0.4, -0.2) is 33.7 Å². The lowest BCUT2D eigenvalue weighted by Gasteiger charge is -2.41. The van der Waals surface area contributed by atoms with Gasteiger partial charge in [0.05, 0.1) is 11.3 Å². The van der Waals surface area contributed by atoms with Gasteiger partial charge in [-0.2, -0.15) is 5.21 Å². The molecule has 4 rings (SSSR count). The summed E-state index contributed by atoms with van der Waals surface area (Å²) < 4.78 is 5.29. The second-order valence-corrected chi connectivity index (χ2v) is 6.66. The minimum Gasteiger partial charge on any atom is -0.467 e. The average Bonchev–Trinajstić information content (AvgIpc) is 3.33. The van der Waals surface area contributed by atoms with Crippen LogP contribution in [0, 0.1) is 0 Å². The van der Waals surface area contributed by atoms with Gasteiger partial charge in [-0.25, -0.2) is 0 Å². The summed E-state index contributed by atoms with van der Waals surface area (Å²) in [6, 6.07) is 30.4. The number of hydrogen-bond acceptors (Lipinski definition) is 5. The highest BCUT2D eigenvalue weighted by Crippen LogP contribution is 2.48. The number of H-pyrrole nitrogens is 1. The maximum atomic E-state index is 11.1. The van der Waals surface area contributed by atoms with Gasteiger partial charge in [-0.3, -0.25) is 4.79 Å². The summed E-state index contributed by atoms with van der Waals surface area (Å²) in [5, 5.41) is 14.8. The van der Waals surface area contributed by atoms with Crippen LogP contribution in [0.2, 0.25) is 0 Å². The van der Waals surface area contributed by atoms with Gasteiger partial charge in [0, 0.05) is 0 Å². The van der Waals surface area contributed by atoms with Crippen molar-refractivity contribution < 1.29 is 9.53 Å². The van der Waals surface area contributed by atoms with Crippen LogP contribution in [0.25, 0.3) is 0 Å². The summed E-state index contributed by atoms with van der Waals surface area (Å²) >= 11 is 0. The van der Waals surface area contributed by atoms with E-state index in [4.69, 9.17) is 4.74 Å². The molecule has 1 N–H and O–H groups in total. The van der Waals surface area contributed by atoms with Crippen LogP contribution in [-0.2, 0) is 14.9 Å². The SMILES string of the molecule is O=COCC(c1nn[nH]n1)C(c1ccccc1)(c1ccccc1)c1ccccc1. The Balaban J connectivity index is 2.08. The van der Waals surface area contributed by atoms with E-state index >= 15 is 0 Å². The number of aromatic nitrogens is 4. The topological polar surface area (TPSA) is 80.8 Å². The van der Waals surface area contributed by atoms with Crippen molar-refractivity contribution in [3.8, 4) is 0 Å². The van der Waals surface area contributed by atoms with Crippen molar-refractivity contribution in [3.63, 3.8) is 0 Å². The molecule has 0 aliphatic heterocycles. The van der Waals surface area contributed by atoms with Gasteiger partial charge in [0.25, 0.3) is 6.47 Å². The van der Waals surface area contributed by atoms with Gasteiger partial charge in [0.15, 0.2) is 5.82 Å². The second-order valence-electron chi connectivity index (χ2n) is 6.66. The fourth-order valence-electron chi connectivity index (χ4n) is 4.05. The number of nitrogens with one attached hydrogen (secondary N) is 1. The Morgan fingerprint density at radius 2 is 1.31 bits per heavy atom. The van der Waals surface area contributed by atoms with E-state index in [0.717, 1.165) is 16.7 Å². The number of carbonyl (C=O) groups excluding carboxylic acids is 1. The molecule has 0 amide bonds. The third-order valence-electron chi connectivity index (χ3n) is 5.21. The van der Waals surface area contributed by atoms with Crippen LogP contribution < -0.4 is 0 Å². The molecule has 0 radical (unpaired) electrons. The molecule has 1 unspecified atom stereocenters. The van der Waals surface area contributed by atoms with Crippen LogP contribution in [0.15, 0.2) is 91.0 Å². The predicted octanol–water partition coefficient (Wildman–Crippen LogP) is 3.49. The summed E-state index contributed by atoms with van der Waals surface area (Å²) in [5.74, 6) is 0.0714. The Morgan fingerprint density at radius 1 is 0.828 bits per heavy atom. The zero-order valence-electron chi connectivity index (χ0n) is 15.7. The van der Waals surface area contributed by atoms with Crippen molar-refractivity contribution in [1.29, 1.82) is 0 Å². The Hall–Kier alpha value is -3.80. The first-order chi connectivity index (χ1) is 14.4. The molecule has 0 bridgehead atoms. The van der Waals surface area contributed by atoms with Gasteiger partial charge < -0.3 is 4.74 Å². The van der Waals surface area contributed by atoms with Gasteiger partial charge >= 0.3 is 0 Å². The molecule has 3 aromatic carbocycles. The van der Waals surface area contributed by atoms with Crippen molar-refractivity contribution in [3.05, 3.63) is 114 Å². The van der Waals surface area contributed by atoms with Gasteiger partial charge in [0.1, 0.15) is 6.61 Å². The number of ether oxygens (including phenoxy) is 1. The fraction of sp³-hybridized carbons (Fsp3) is 0.130. The Bertz CT molecular complexity index is 926. The van der Waals surface area contributed by atoms with Crippen molar-refractivity contribution in [2.24, 2.45) is 0 Å². The molecule has 0 aliphatic rings. The van der Waals surface area contributed by atoms with Crippen LogP contribution in [0.1, 0.15) is 28.4 Å². The fourth-order valence-corrected chi connectivity index (χ4v) is 4.05. The molecule has 1 aromatic heterocycles. The van der Waals surface area contributed by atoms with Gasteiger partial charge in [-0.05, 0) is 16.7 Å². The minimum atomic E-state index is -0.698. The van der Waals surface area contributed by atoms with Crippen molar-refractivity contribution in [1.82, 2.24) is 20.6 Å². The van der Waals surface area contributed by atoms with Crippen LogP contribution in [0.5, 0.6) is 0 Å². The maximum absolute atomic E-state index is 11.1.